The molecule has 0 saturated heterocycles. The third-order valence-corrected chi connectivity index (χ3v) is 2.38. The van der Waals surface area contributed by atoms with Gasteiger partial charge in [-0.15, -0.1) is 0 Å². The molecule has 0 aromatic carbocycles. The Labute approximate surface area is 113 Å². The summed E-state index contributed by atoms with van der Waals surface area (Å²) in [4.78, 5) is 19.9. The van der Waals surface area contributed by atoms with Gasteiger partial charge in [0.1, 0.15) is 17.7 Å². The predicted molar refractivity (Wildman–Crippen MR) is 74.4 cm³/mol. The fourth-order valence-corrected chi connectivity index (χ4v) is 1.35. The second-order valence-corrected chi connectivity index (χ2v) is 4.20. The Morgan fingerprint density at radius 1 is 1.53 bits per heavy atom. The van der Waals surface area contributed by atoms with Gasteiger partial charge in [-0.3, -0.25) is 15.1 Å². The van der Waals surface area contributed by atoms with E-state index in [9.17, 15) is 4.79 Å². The summed E-state index contributed by atoms with van der Waals surface area (Å²) in [5.41, 5.74) is 5.71. The third kappa shape index (κ3) is 5.41. The van der Waals surface area contributed by atoms with Crippen LogP contribution in [0.4, 0.5) is 0 Å². The molecule has 0 radical (unpaired) electrons. The van der Waals surface area contributed by atoms with Gasteiger partial charge in [-0.05, 0) is 20.3 Å². The van der Waals surface area contributed by atoms with Gasteiger partial charge in [0, 0.05) is 6.20 Å². The number of nitrogens with zero attached hydrogens (tertiary/aromatic N) is 2. The quantitative estimate of drug-likeness (QED) is 0.646. The average molecular weight is 267 g/mol. The number of hydrogen-bond donors (Lipinski definition) is 3. The van der Waals surface area contributed by atoms with E-state index in [-0.39, 0.29) is 17.7 Å². The van der Waals surface area contributed by atoms with E-state index < -0.39 is 6.04 Å². The molecule has 1 amide bonds. The first-order valence-corrected chi connectivity index (χ1v) is 6.32. The van der Waals surface area contributed by atoms with Gasteiger partial charge in [0.25, 0.3) is 6.02 Å². The zero-order chi connectivity index (χ0) is 14.3. The van der Waals surface area contributed by atoms with Crippen LogP contribution in [0.3, 0.4) is 0 Å². The van der Waals surface area contributed by atoms with Crippen LogP contribution in [0.25, 0.3) is 0 Å². The van der Waals surface area contributed by atoms with Crippen LogP contribution in [-0.2, 0) is 9.53 Å². The number of unbranched alkanes of at least 4 members (excludes halogenated alkanes) is 1. The lowest BCUT2D eigenvalue weighted by Gasteiger charge is -2.14. The summed E-state index contributed by atoms with van der Waals surface area (Å²) in [6.45, 7) is 6.01. The molecular weight excluding hydrogens is 246 g/mol. The summed E-state index contributed by atoms with van der Waals surface area (Å²) in [5, 5.41) is 5.34. The Bertz CT molecular complexity index is 414. The molecule has 0 aromatic heterocycles. The number of carbonyl (C=O) groups is 1. The van der Waals surface area contributed by atoms with Gasteiger partial charge < -0.3 is 15.8 Å². The maximum absolute atomic E-state index is 11.6. The number of nitrogens with two attached hydrogens (primary N) is 1. The van der Waals surface area contributed by atoms with E-state index in [2.05, 4.69) is 27.5 Å². The zero-order valence-corrected chi connectivity index (χ0v) is 11.6. The van der Waals surface area contributed by atoms with Crippen LogP contribution in [-0.4, -0.2) is 30.4 Å². The van der Waals surface area contributed by atoms with E-state index in [1.54, 1.807) is 13.8 Å². The van der Waals surface area contributed by atoms with Gasteiger partial charge in [0.2, 0.25) is 5.91 Å². The smallest absolute Gasteiger partial charge is 0.296 e. The van der Waals surface area contributed by atoms with E-state index in [1.807, 2.05) is 0 Å². The predicted octanol–water partition coefficient (Wildman–Crippen LogP) is 0.443. The summed E-state index contributed by atoms with van der Waals surface area (Å²) in [7, 11) is 0. The lowest BCUT2D eigenvalue weighted by Crippen LogP contribution is -2.36. The maximum atomic E-state index is 11.6. The number of carbonyl (C=O) groups excluding carboxylic acids is 1. The van der Waals surface area contributed by atoms with E-state index in [0.717, 1.165) is 12.8 Å². The highest BCUT2D eigenvalue weighted by Gasteiger charge is 2.12. The average Bonchev–Trinajstić information content (AvgIpc) is 2.34. The second-order valence-electron chi connectivity index (χ2n) is 4.20. The van der Waals surface area contributed by atoms with Crippen LogP contribution in [0, 0.1) is 0 Å². The van der Waals surface area contributed by atoms with E-state index >= 15 is 0 Å². The standard InChI is InChI=1S/C12H21N5O2/c1-4-5-6-19-12-16-9(3)15-8(2)11(18)14-7-10(13)17-12/h7-8H,4-6,13H2,1-3H3,(H,14,18)(H,15,16,17)/b10-7+. The maximum Gasteiger partial charge on any atom is 0.296 e. The van der Waals surface area contributed by atoms with Gasteiger partial charge in [-0.25, -0.2) is 0 Å². The van der Waals surface area contributed by atoms with Crippen molar-refractivity contribution in [2.45, 2.75) is 39.7 Å². The zero-order valence-electron chi connectivity index (χ0n) is 11.6. The van der Waals surface area contributed by atoms with Crippen molar-refractivity contribution in [3.8, 4) is 0 Å². The molecule has 7 nitrogen and oxygen atoms in total. The minimum Gasteiger partial charge on any atom is -0.465 e. The second kappa shape index (κ2) is 7.40. The van der Waals surface area contributed by atoms with E-state index in [0.29, 0.717) is 12.4 Å². The Morgan fingerprint density at radius 2 is 2.26 bits per heavy atom. The van der Waals surface area contributed by atoms with Crippen molar-refractivity contribution >= 4 is 17.8 Å². The van der Waals surface area contributed by atoms with E-state index in [1.165, 1.54) is 6.20 Å². The summed E-state index contributed by atoms with van der Waals surface area (Å²) >= 11 is 0. The molecule has 1 rings (SSSR count). The Balaban J connectivity index is 2.87. The molecular formula is C12H21N5O2. The van der Waals surface area contributed by atoms with Crippen molar-refractivity contribution in [3.63, 3.8) is 0 Å². The summed E-state index contributed by atoms with van der Waals surface area (Å²) in [6.07, 6.45) is 3.32. The van der Waals surface area contributed by atoms with Crippen molar-refractivity contribution in [1.82, 2.24) is 10.6 Å². The van der Waals surface area contributed by atoms with Crippen molar-refractivity contribution < 1.29 is 9.53 Å². The number of nitrogens with one attached hydrogen (secondary N) is 2. The molecule has 0 aromatic rings. The number of hydrogen-bond acceptors (Lipinski definition) is 6. The molecule has 0 saturated carbocycles. The van der Waals surface area contributed by atoms with Crippen LogP contribution in [0.2, 0.25) is 0 Å². The largest absolute Gasteiger partial charge is 0.465 e. The molecule has 19 heavy (non-hydrogen) atoms. The molecule has 1 atom stereocenters. The first-order chi connectivity index (χ1) is 9.02. The Morgan fingerprint density at radius 3 is 2.95 bits per heavy atom. The SMILES string of the molecule is CCCCOC1=NC(C)=NC(C)C(=O)N/C=C(\N)N1. The van der Waals surface area contributed by atoms with Crippen molar-refractivity contribution in [2.75, 3.05) is 6.61 Å². The fourth-order valence-electron chi connectivity index (χ4n) is 1.35. The van der Waals surface area contributed by atoms with E-state index in [4.69, 9.17) is 10.5 Å². The minimum atomic E-state index is -0.525. The van der Waals surface area contributed by atoms with Gasteiger partial charge in [0.15, 0.2) is 0 Å². The molecule has 106 valence electrons. The lowest BCUT2D eigenvalue weighted by molar-refractivity contribution is -0.121. The number of amides is 1. The number of aliphatic imine (C=N–C) groups is 2. The van der Waals surface area contributed by atoms with Crippen molar-refractivity contribution in [2.24, 2.45) is 15.7 Å². The van der Waals surface area contributed by atoms with Crippen LogP contribution in [0.15, 0.2) is 22.0 Å². The summed E-state index contributed by atoms with van der Waals surface area (Å²) < 4.78 is 5.48. The molecule has 1 unspecified atom stereocenters. The van der Waals surface area contributed by atoms with Crippen LogP contribution in [0.1, 0.15) is 33.6 Å². The highest BCUT2D eigenvalue weighted by molar-refractivity contribution is 5.95. The Kier molecular flexibility index (Phi) is 5.84. The molecule has 1 aliphatic heterocycles. The third-order valence-electron chi connectivity index (χ3n) is 2.38. The normalized spacial score (nSPS) is 23.2. The van der Waals surface area contributed by atoms with Gasteiger partial charge in [-0.2, -0.15) is 4.99 Å². The van der Waals surface area contributed by atoms with Crippen molar-refractivity contribution in [1.29, 1.82) is 0 Å². The van der Waals surface area contributed by atoms with Gasteiger partial charge >= 0.3 is 0 Å². The molecule has 1 heterocycles. The lowest BCUT2D eigenvalue weighted by atomic mass is 10.3. The molecule has 0 fully saturated rings. The Hall–Kier alpha value is -2.05. The number of ether oxygens (including phenoxy) is 1. The van der Waals surface area contributed by atoms with Crippen LogP contribution < -0.4 is 16.4 Å². The highest BCUT2D eigenvalue weighted by atomic mass is 16.5. The van der Waals surface area contributed by atoms with Crippen molar-refractivity contribution in [3.05, 3.63) is 12.0 Å². The minimum absolute atomic E-state index is 0.241. The topological polar surface area (TPSA) is 101 Å². The van der Waals surface area contributed by atoms with Crippen LogP contribution >= 0.6 is 0 Å². The molecule has 1 aliphatic rings. The van der Waals surface area contributed by atoms with Gasteiger partial charge in [-0.1, -0.05) is 13.3 Å². The number of rotatable bonds is 3. The summed E-state index contributed by atoms with van der Waals surface area (Å²) in [6, 6.07) is -0.241. The molecule has 4 N–H and O–H groups in total. The first-order valence-electron chi connectivity index (χ1n) is 6.32. The number of amidine groups is 2. The molecule has 0 spiro atoms. The van der Waals surface area contributed by atoms with Crippen LogP contribution in [0.5, 0.6) is 0 Å². The molecule has 0 aliphatic carbocycles. The first kappa shape index (κ1) is 15.0. The highest BCUT2D eigenvalue weighted by Crippen LogP contribution is 1.97. The monoisotopic (exact) mass is 267 g/mol. The summed E-state index contributed by atoms with van der Waals surface area (Å²) in [5.74, 6) is 0.469. The fraction of sp³-hybridized carbons (Fsp3) is 0.583. The molecule has 7 heteroatoms. The molecule has 0 bridgehead atoms. The van der Waals surface area contributed by atoms with Gasteiger partial charge in [0.05, 0.1) is 6.61 Å².